The molecule has 1 N–H and O–H groups in total. The number of thioether (sulfide) groups is 1. The summed E-state index contributed by atoms with van der Waals surface area (Å²) in [5.41, 5.74) is 3.34. The highest BCUT2D eigenvalue weighted by molar-refractivity contribution is 7.99. The largest absolute Gasteiger partial charge is 0.376 e. The van der Waals surface area contributed by atoms with Crippen LogP contribution in [0.3, 0.4) is 0 Å². The van der Waals surface area contributed by atoms with E-state index in [1.165, 1.54) is 17.3 Å². The van der Waals surface area contributed by atoms with Gasteiger partial charge in [0.1, 0.15) is 5.82 Å². The van der Waals surface area contributed by atoms with Crippen LogP contribution in [-0.2, 0) is 16.0 Å². The van der Waals surface area contributed by atoms with Crippen LogP contribution >= 0.6 is 11.8 Å². The maximum atomic E-state index is 12.3. The van der Waals surface area contributed by atoms with E-state index in [-0.39, 0.29) is 12.0 Å². The molecule has 4 rings (SSSR count). The molecule has 1 aliphatic heterocycles. The Bertz CT molecular complexity index is 984. The van der Waals surface area contributed by atoms with Crippen LogP contribution in [-0.4, -0.2) is 45.7 Å². The quantitative estimate of drug-likeness (QED) is 0.562. The van der Waals surface area contributed by atoms with Crippen LogP contribution in [0.15, 0.2) is 59.8 Å². The number of rotatable bonds is 8. The van der Waals surface area contributed by atoms with Crippen molar-refractivity contribution in [1.82, 2.24) is 20.1 Å². The average molecular weight is 423 g/mol. The Kier molecular flexibility index (Phi) is 6.81. The zero-order chi connectivity index (χ0) is 20.8. The third-order valence-corrected chi connectivity index (χ3v) is 6.07. The standard InChI is InChI=1S/C23H26N4O2S/c1-17-8-5-6-12-20(17)27-21(14-18-9-3-2-4-10-18)25-26-23(27)30-16-22(28)24-15-19-11-7-13-29-19/h2-6,8-10,12,19H,7,11,13-16H2,1H3,(H,24,28)/t19-/m1/s1. The zero-order valence-electron chi connectivity index (χ0n) is 17.1. The van der Waals surface area contributed by atoms with Gasteiger partial charge in [-0.15, -0.1) is 10.2 Å². The molecule has 1 fully saturated rings. The molecule has 7 heteroatoms. The van der Waals surface area contributed by atoms with E-state index in [0.29, 0.717) is 18.7 Å². The molecule has 0 unspecified atom stereocenters. The van der Waals surface area contributed by atoms with Gasteiger partial charge in [0.25, 0.3) is 0 Å². The lowest BCUT2D eigenvalue weighted by Crippen LogP contribution is -2.32. The minimum Gasteiger partial charge on any atom is -0.376 e. The lowest BCUT2D eigenvalue weighted by atomic mass is 10.1. The summed E-state index contributed by atoms with van der Waals surface area (Å²) in [5, 5.41) is 12.6. The van der Waals surface area contributed by atoms with Crippen molar-refractivity contribution in [3.63, 3.8) is 0 Å². The van der Waals surface area contributed by atoms with E-state index in [1.807, 2.05) is 30.3 Å². The summed E-state index contributed by atoms with van der Waals surface area (Å²) in [7, 11) is 0. The maximum absolute atomic E-state index is 12.3. The summed E-state index contributed by atoms with van der Waals surface area (Å²) in [4.78, 5) is 12.3. The molecule has 1 amide bonds. The average Bonchev–Trinajstić information content (AvgIpc) is 3.42. The molecule has 2 heterocycles. The van der Waals surface area contributed by atoms with E-state index in [4.69, 9.17) is 4.74 Å². The molecule has 3 aromatic rings. The number of aryl methyl sites for hydroxylation is 1. The summed E-state index contributed by atoms with van der Waals surface area (Å²) in [5.74, 6) is 1.14. The number of benzene rings is 2. The fourth-order valence-corrected chi connectivity index (χ4v) is 4.35. The van der Waals surface area contributed by atoms with Crippen molar-refractivity contribution < 1.29 is 9.53 Å². The molecule has 156 valence electrons. The normalized spacial score (nSPS) is 16.0. The van der Waals surface area contributed by atoms with Crippen LogP contribution in [0.2, 0.25) is 0 Å². The van der Waals surface area contributed by atoms with E-state index in [2.05, 4.69) is 51.3 Å². The summed E-state index contributed by atoms with van der Waals surface area (Å²) in [6.45, 7) is 3.44. The monoisotopic (exact) mass is 422 g/mol. The Morgan fingerprint density at radius 2 is 1.97 bits per heavy atom. The molecule has 0 saturated carbocycles. The number of nitrogens with one attached hydrogen (secondary N) is 1. The van der Waals surface area contributed by atoms with Crippen molar-refractivity contribution in [3.05, 3.63) is 71.5 Å². The highest BCUT2D eigenvalue weighted by atomic mass is 32.2. The van der Waals surface area contributed by atoms with Gasteiger partial charge in [-0.1, -0.05) is 60.3 Å². The van der Waals surface area contributed by atoms with Crippen LogP contribution in [0.1, 0.15) is 29.8 Å². The van der Waals surface area contributed by atoms with Crippen LogP contribution in [0.25, 0.3) is 5.69 Å². The van der Waals surface area contributed by atoms with Crippen LogP contribution in [0.5, 0.6) is 0 Å². The van der Waals surface area contributed by atoms with Crippen LogP contribution in [0, 0.1) is 6.92 Å². The summed E-state index contributed by atoms with van der Waals surface area (Å²) in [6.07, 6.45) is 2.90. The first-order chi connectivity index (χ1) is 14.7. The van der Waals surface area contributed by atoms with Gasteiger partial charge >= 0.3 is 0 Å². The minimum absolute atomic E-state index is 0.0144. The summed E-state index contributed by atoms with van der Waals surface area (Å²) >= 11 is 1.41. The number of carbonyl (C=O) groups excluding carboxylic acids is 1. The molecule has 6 nitrogen and oxygen atoms in total. The van der Waals surface area contributed by atoms with Gasteiger partial charge < -0.3 is 10.1 Å². The second-order valence-electron chi connectivity index (χ2n) is 7.41. The molecule has 1 aromatic heterocycles. The fraction of sp³-hybridized carbons (Fsp3) is 0.348. The molecule has 0 spiro atoms. The highest BCUT2D eigenvalue weighted by Crippen LogP contribution is 2.25. The van der Waals surface area contributed by atoms with E-state index < -0.39 is 0 Å². The van der Waals surface area contributed by atoms with Crippen molar-refractivity contribution >= 4 is 17.7 Å². The van der Waals surface area contributed by atoms with Crippen molar-refractivity contribution in [2.24, 2.45) is 0 Å². The van der Waals surface area contributed by atoms with Crippen molar-refractivity contribution in [3.8, 4) is 5.69 Å². The van der Waals surface area contributed by atoms with Gasteiger partial charge in [-0.2, -0.15) is 0 Å². The Hall–Kier alpha value is -2.64. The molecule has 0 bridgehead atoms. The first-order valence-corrected chi connectivity index (χ1v) is 11.2. The Balaban J connectivity index is 1.50. The number of hydrogen-bond acceptors (Lipinski definition) is 5. The maximum Gasteiger partial charge on any atom is 0.230 e. The first-order valence-electron chi connectivity index (χ1n) is 10.3. The molecule has 30 heavy (non-hydrogen) atoms. The molecule has 2 aromatic carbocycles. The molecule has 0 aliphatic carbocycles. The van der Waals surface area contributed by atoms with Crippen molar-refractivity contribution in [2.45, 2.75) is 37.4 Å². The fourth-order valence-electron chi connectivity index (χ4n) is 3.56. The van der Waals surface area contributed by atoms with Crippen LogP contribution < -0.4 is 5.32 Å². The smallest absolute Gasteiger partial charge is 0.230 e. The number of nitrogens with zero attached hydrogens (tertiary/aromatic N) is 3. The molecular weight excluding hydrogens is 396 g/mol. The molecule has 1 saturated heterocycles. The van der Waals surface area contributed by atoms with Crippen LogP contribution in [0.4, 0.5) is 0 Å². The van der Waals surface area contributed by atoms with Gasteiger partial charge in [0.15, 0.2) is 5.16 Å². The summed E-state index contributed by atoms with van der Waals surface area (Å²) < 4.78 is 7.64. The van der Waals surface area contributed by atoms with Gasteiger partial charge in [0.2, 0.25) is 5.91 Å². The molecule has 1 aliphatic rings. The van der Waals surface area contributed by atoms with Gasteiger partial charge in [-0.3, -0.25) is 9.36 Å². The first kappa shape index (κ1) is 20.6. The Labute approximate surface area is 181 Å². The number of carbonyl (C=O) groups is 1. The van der Waals surface area contributed by atoms with E-state index in [9.17, 15) is 4.79 Å². The predicted molar refractivity (Wildman–Crippen MR) is 118 cm³/mol. The molecule has 1 atom stereocenters. The van der Waals surface area contributed by atoms with Gasteiger partial charge in [-0.25, -0.2) is 0 Å². The number of amides is 1. The third kappa shape index (κ3) is 5.09. The van der Waals surface area contributed by atoms with Crippen molar-refractivity contribution in [2.75, 3.05) is 18.9 Å². The van der Waals surface area contributed by atoms with E-state index in [0.717, 1.165) is 41.7 Å². The highest BCUT2D eigenvalue weighted by Gasteiger charge is 2.19. The second kappa shape index (κ2) is 9.91. The van der Waals surface area contributed by atoms with Gasteiger partial charge in [-0.05, 0) is 37.0 Å². The second-order valence-corrected chi connectivity index (χ2v) is 8.35. The lowest BCUT2D eigenvalue weighted by molar-refractivity contribution is -0.119. The minimum atomic E-state index is -0.0144. The SMILES string of the molecule is Cc1ccccc1-n1c(Cc2ccccc2)nnc1SCC(=O)NC[C@H]1CCCO1. The predicted octanol–water partition coefficient (Wildman–Crippen LogP) is 3.55. The van der Waals surface area contributed by atoms with Gasteiger partial charge in [0.05, 0.1) is 17.5 Å². The number of aromatic nitrogens is 3. The number of hydrogen-bond donors (Lipinski definition) is 1. The number of para-hydroxylation sites is 1. The molecule has 0 radical (unpaired) electrons. The number of ether oxygens (including phenoxy) is 1. The van der Waals surface area contributed by atoms with E-state index >= 15 is 0 Å². The van der Waals surface area contributed by atoms with Gasteiger partial charge in [0, 0.05) is 19.6 Å². The van der Waals surface area contributed by atoms with Crippen molar-refractivity contribution in [1.29, 1.82) is 0 Å². The zero-order valence-corrected chi connectivity index (χ0v) is 17.9. The Morgan fingerprint density at radius 1 is 1.17 bits per heavy atom. The lowest BCUT2D eigenvalue weighted by Gasteiger charge is -2.13. The Morgan fingerprint density at radius 3 is 2.73 bits per heavy atom. The summed E-state index contributed by atoms with van der Waals surface area (Å²) in [6, 6.07) is 18.4. The topological polar surface area (TPSA) is 69.0 Å². The van der Waals surface area contributed by atoms with E-state index in [1.54, 1.807) is 0 Å². The molecular formula is C23H26N4O2S. The third-order valence-electron chi connectivity index (χ3n) is 5.15.